The maximum atomic E-state index is 13.6. The first kappa shape index (κ1) is 21.4. The predicted octanol–water partition coefficient (Wildman–Crippen LogP) is 1.71. The number of rotatable bonds is 10. The fourth-order valence-electron chi connectivity index (χ4n) is 2.24. The Hall–Kier alpha value is -2.64. The maximum absolute atomic E-state index is 13.6. The van der Waals surface area contributed by atoms with Crippen LogP contribution in [0.2, 0.25) is 0 Å². The lowest BCUT2D eigenvalue weighted by Gasteiger charge is -2.19. The molecule has 0 heterocycles. The van der Waals surface area contributed by atoms with Gasteiger partial charge in [0.2, 0.25) is 5.91 Å². The molecule has 0 aromatic heterocycles. The molecular formula is C18H25FN2O5. The Morgan fingerprint density at radius 1 is 1.23 bits per heavy atom. The van der Waals surface area contributed by atoms with Gasteiger partial charge in [-0.05, 0) is 30.9 Å². The molecular weight excluding hydrogens is 343 g/mol. The average molecular weight is 368 g/mol. The summed E-state index contributed by atoms with van der Waals surface area (Å²) in [4.78, 5) is 35.2. The molecule has 1 aromatic carbocycles. The van der Waals surface area contributed by atoms with Gasteiger partial charge in [0.05, 0.1) is 6.54 Å². The van der Waals surface area contributed by atoms with Crippen LogP contribution in [0.4, 0.5) is 4.39 Å². The highest BCUT2D eigenvalue weighted by molar-refractivity contribution is 5.89. The van der Waals surface area contributed by atoms with Crippen molar-refractivity contribution in [1.82, 2.24) is 10.6 Å². The molecule has 8 heteroatoms. The Labute approximate surface area is 151 Å². The van der Waals surface area contributed by atoms with E-state index in [1.165, 1.54) is 18.2 Å². The topological polar surface area (TPSA) is 105 Å². The molecule has 144 valence electrons. The van der Waals surface area contributed by atoms with Crippen LogP contribution in [0, 0.1) is 11.7 Å². The highest BCUT2D eigenvalue weighted by atomic mass is 19.1. The van der Waals surface area contributed by atoms with E-state index in [0.29, 0.717) is 0 Å². The third-order valence-electron chi connectivity index (χ3n) is 3.53. The minimum atomic E-state index is -1.13. The number of halogens is 1. The van der Waals surface area contributed by atoms with Crippen LogP contribution in [0.1, 0.15) is 33.6 Å². The summed E-state index contributed by atoms with van der Waals surface area (Å²) in [6.07, 6.45) is -0.416. The number of amides is 2. The van der Waals surface area contributed by atoms with E-state index >= 15 is 0 Å². The fraction of sp³-hybridized carbons (Fsp3) is 0.500. The van der Waals surface area contributed by atoms with Crippen molar-refractivity contribution in [3.05, 3.63) is 30.1 Å². The molecule has 0 aliphatic carbocycles. The van der Waals surface area contributed by atoms with Gasteiger partial charge in [0.1, 0.15) is 6.04 Å². The molecule has 0 saturated heterocycles. The Balaban J connectivity index is 2.56. The third-order valence-corrected chi connectivity index (χ3v) is 3.53. The summed E-state index contributed by atoms with van der Waals surface area (Å²) in [5, 5.41) is 13.9. The zero-order valence-corrected chi connectivity index (χ0v) is 15.1. The van der Waals surface area contributed by atoms with Crippen molar-refractivity contribution in [2.45, 2.75) is 45.8 Å². The molecule has 0 aliphatic rings. The van der Waals surface area contributed by atoms with E-state index in [4.69, 9.17) is 9.84 Å². The number of carbonyl (C=O) groups excluding carboxylic acids is 2. The van der Waals surface area contributed by atoms with E-state index in [-0.39, 0.29) is 24.5 Å². The van der Waals surface area contributed by atoms with Crippen LogP contribution in [0.25, 0.3) is 0 Å². The molecule has 1 rings (SSSR count). The molecule has 0 saturated carbocycles. The number of aliphatic carboxylic acids is 1. The van der Waals surface area contributed by atoms with E-state index < -0.39 is 42.3 Å². The Bertz CT molecular complexity index is 636. The maximum Gasteiger partial charge on any atom is 0.326 e. The summed E-state index contributed by atoms with van der Waals surface area (Å²) in [5.41, 5.74) is 0. The van der Waals surface area contributed by atoms with Crippen LogP contribution in [-0.4, -0.2) is 41.6 Å². The smallest absolute Gasteiger partial charge is 0.326 e. The normalized spacial score (nSPS) is 13.0. The number of carboxylic acids is 1. The first-order chi connectivity index (χ1) is 12.2. The van der Waals surface area contributed by atoms with Gasteiger partial charge in [-0.15, -0.1) is 0 Å². The summed E-state index contributed by atoms with van der Waals surface area (Å²) in [6.45, 7) is 4.98. The minimum Gasteiger partial charge on any atom is -0.480 e. The fourth-order valence-corrected chi connectivity index (χ4v) is 2.24. The second-order valence-electron chi connectivity index (χ2n) is 6.25. The van der Waals surface area contributed by atoms with Crippen molar-refractivity contribution in [2.75, 3.05) is 6.54 Å². The van der Waals surface area contributed by atoms with Crippen molar-refractivity contribution in [2.24, 2.45) is 5.92 Å². The first-order valence-electron chi connectivity index (χ1n) is 8.45. The molecule has 2 atom stereocenters. The number of benzene rings is 1. The van der Waals surface area contributed by atoms with E-state index in [9.17, 15) is 18.8 Å². The van der Waals surface area contributed by atoms with Gasteiger partial charge in [-0.25, -0.2) is 9.18 Å². The molecule has 2 amide bonds. The van der Waals surface area contributed by atoms with Gasteiger partial charge >= 0.3 is 5.97 Å². The van der Waals surface area contributed by atoms with Crippen molar-refractivity contribution < 1.29 is 28.6 Å². The van der Waals surface area contributed by atoms with Crippen LogP contribution in [0.15, 0.2) is 24.3 Å². The molecule has 1 unspecified atom stereocenters. The third kappa shape index (κ3) is 7.08. The largest absolute Gasteiger partial charge is 0.480 e. The quantitative estimate of drug-likeness (QED) is 0.583. The molecule has 7 nitrogen and oxygen atoms in total. The number of hydrogen-bond donors (Lipinski definition) is 3. The van der Waals surface area contributed by atoms with Gasteiger partial charge in [-0.3, -0.25) is 9.59 Å². The minimum absolute atomic E-state index is 0.0539. The Morgan fingerprint density at radius 2 is 1.88 bits per heavy atom. The number of carbonyl (C=O) groups is 3. The summed E-state index contributed by atoms with van der Waals surface area (Å²) in [5.74, 6) is -2.89. The number of ether oxygens (including phenoxy) is 1. The van der Waals surface area contributed by atoms with E-state index in [0.717, 1.165) is 0 Å². The van der Waals surface area contributed by atoms with Crippen molar-refractivity contribution in [1.29, 1.82) is 0 Å². The number of nitrogens with one attached hydrogen (secondary N) is 2. The molecule has 26 heavy (non-hydrogen) atoms. The van der Waals surface area contributed by atoms with Crippen molar-refractivity contribution in [3.8, 4) is 5.75 Å². The molecule has 0 bridgehead atoms. The zero-order valence-electron chi connectivity index (χ0n) is 15.1. The summed E-state index contributed by atoms with van der Waals surface area (Å²) in [7, 11) is 0. The van der Waals surface area contributed by atoms with E-state index in [1.807, 2.05) is 13.8 Å². The van der Waals surface area contributed by atoms with Crippen LogP contribution in [0.5, 0.6) is 5.75 Å². The Kier molecular flexibility index (Phi) is 8.54. The van der Waals surface area contributed by atoms with Crippen molar-refractivity contribution >= 4 is 17.8 Å². The van der Waals surface area contributed by atoms with Crippen LogP contribution < -0.4 is 15.4 Å². The summed E-state index contributed by atoms with van der Waals surface area (Å²) < 4.78 is 19.0. The van der Waals surface area contributed by atoms with Gasteiger partial charge in [-0.2, -0.15) is 0 Å². The van der Waals surface area contributed by atoms with Crippen LogP contribution in [-0.2, 0) is 14.4 Å². The summed E-state index contributed by atoms with van der Waals surface area (Å²) in [6, 6.07) is 4.69. The number of carboxylic acid groups (broad SMARTS) is 1. The monoisotopic (exact) mass is 368 g/mol. The molecule has 3 N–H and O–H groups in total. The van der Waals surface area contributed by atoms with E-state index in [1.54, 1.807) is 13.0 Å². The summed E-state index contributed by atoms with van der Waals surface area (Å²) >= 11 is 0. The lowest BCUT2D eigenvalue weighted by molar-refractivity contribution is -0.142. The first-order valence-corrected chi connectivity index (χ1v) is 8.45. The molecule has 0 spiro atoms. The van der Waals surface area contributed by atoms with Gasteiger partial charge in [0.15, 0.2) is 17.7 Å². The van der Waals surface area contributed by atoms with E-state index in [2.05, 4.69) is 10.6 Å². The van der Waals surface area contributed by atoms with Gasteiger partial charge < -0.3 is 20.5 Å². The highest BCUT2D eigenvalue weighted by Gasteiger charge is 2.23. The standard InChI is InChI=1S/C18H25FN2O5/c1-4-14(26-15-8-6-5-7-12(15)19)17(23)20-10-16(22)21-13(18(24)25)9-11(2)3/h5-8,11,13-14H,4,9-10H2,1-3H3,(H,20,23)(H,21,22)(H,24,25)/t13-,14?/m0/s1. The SMILES string of the molecule is CCC(Oc1ccccc1F)C(=O)NCC(=O)N[C@@H](CC(C)C)C(=O)O. The number of para-hydroxylation sites is 1. The van der Waals surface area contributed by atoms with Gasteiger partial charge in [-0.1, -0.05) is 32.9 Å². The Morgan fingerprint density at radius 3 is 2.42 bits per heavy atom. The number of hydrogen-bond acceptors (Lipinski definition) is 4. The lowest BCUT2D eigenvalue weighted by atomic mass is 10.0. The zero-order chi connectivity index (χ0) is 19.7. The molecule has 0 fully saturated rings. The van der Waals surface area contributed by atoms with Gasteiger partial charge in [0.25, 0.3) is 5.91 Å². The highest BCUT2D eigenvalue weighted by Crippen LogP contribution is 2.18. The second-order valence-corrected chi connectivity index (χ2v) is 6.25. The van der Waals surface area contributed by atoms with Crippen molar-refractivity contribution in [3.63, 3.8) is 0 Å². The van der Waals surface area contributed by atoms with Gasteiger partial charge in [0, 0.05) is 0 Å². The average Bonchev–Trinajstić information content (AvgIpc) is 2.58. The van der Waals surface area contributed by atoms with Crippen LogP contribution in [0.3, 0.4) is 0 Å². The molecule has 0 aliphatic heterocycles. The van der Waals surface area contributed by atoms with Crippen LogP contribution >= 0.6 is 0 Å². The molecule has 0 radical (unpaired) electrons. The predicted molar refractivity (Wildman–Crippen MR) is 93.1 cm³/mol. The lowest BCUT2D eigenvalue weighted by Crippen LogP contribution is -2.48. The molecule has 1 aromatic rings. The second kappa shape index (κ2) is 10.4.